The highest BCUT2D eigenvalue weighted by molar-refractivity contribution is 6.06. The van der Waals surface area contributed by atoms with Crippen LogP contribution in [0.3, 0.4) is 0 Å². The zero-order valence-electron chi connectivity index (χ0n) is 15.6. The Morgan fingerprint density at radius 2 is 1.18 bits per heavy atom. The molecular formula is C25H20O3. The third kappa shape index (κ3) is 3.35. The van der Waals surface area contributed by atoms with Crippen LogP contribution in [0.5, 0.6) is 0 Å². The molecule has 0 unspecified atom stereocenters. The van der Waals surface area contributed by atoms with E-state index in [1.807, 2.05) is 91.0 Å². The summed E-state index contributed by atoms with van der Waals surface area (Å²) in [5.74, 6) is 0.802. The van der Waals surface area contributed by atoms with Gasteiger partial charge >= 0.3 is 5.97 Å². The predicted molar refractivity (Wildman–Crippen MR) is 111 cm³/mol. The van der Waals surface area contributed by atoms with Gasteiger partial charge in [-0.15, -0.1) is 0 Å². The highest BCUT2D eigenvalue weighted by Gasteiger charge is 2.29. The summed E-state index contributed by atoms with van der Waals surface area (Å²) in [7, 11) is 0. The molecule has 3 aromatic carbocycles. The molecule has 138 valence electrons. The van der Waals surface area contributed by atoms with E-state index in [0.29, 0.717) is 23.7 Å². The van der Waals surface area contributed by atoms with Crippen LogP contribution in [-0.2, 0) is 4.74 Å². The van der Waals surface area contributed by atoms with Crippen molar-refractivity contribution >= 4 is 5.97 Å². The molecule has 0 fully saturated rings. The minimum Gasteiger partial charge on any atom is -0.462 e. The summed E-state index contributed by atoms with van der Waals surface area (Å²) < 4.78 is 11.7. The standard InChI is InChI=1S/C25H20O3/c1-2-27-25(26)22-21(18-12-6-3-7-13-18)23(19-14-8-4-9-15-19)28-24(22)20-16-10-5-11-17-20/h3-17H,2H2,1H3. The van der Waals surface area contributed by atoms with Crippen LogP contribution in [0.15, 0.2) is 95.4 Å². The Balaban J connectivity index is 2.05. The van der Waals surface area contributed by atoms with E-state index in [2.05, 4.69) is 0 Å². The number of hydrogen-bond acceptors (Lipinski definition) is 3. The van der Waals surface area contributed by atoms with Crippen LogP contribution in [0.2, 0.25) is 0 Å². The van der Waals surface area contributed by atoms with E-state index >= 15 is 0 Å². The first-order valence-corrected chi connectivity index (χ1v) is 9.29. The maximum absolute atomic E-state index is 13.0. The van der Waals surface area contributed by atoms with Gasteiger partial charge in [0.05, 0.1) is 6.61 Å². The summed E-state index contributed by atoms with van der Waals surface area (Å²) in [6, 6.07) is 29.3. The van der Waals surface area contributed by atoms with Gasteiger partial charge < -0.3 is 9.15 Å². The molecule has 0 amide bonds. The molecule has 0 radical (unpaired) electrons. The Labute approximate surface area is 164 Å². The van der Waals surface area contributed by atoms with Crippen molar-refractivity contribution in [1.29, 1.82) is 0 Å². The van der Waals surface area contributed by atoms with Crippen LogP contribution in [0.25, 0.3) is 33.8 Å². The van der Waals surface area contributed by atoms with Gasteiger partial charge in [0.25, 0.3) is 0 Å². The third-order valence-electron chi connectivity index (χ3n) is 4.52. The van der Waals surface area contributed by atoms with Gasteiger partial charge in [-0.2, -0.15) is 0 Å². The lowest BCUT2D eigenvalue weighted by atomic mass is 9.95. The summed E-state index contributed by atoms with van der Waals surface area (Å²) in [6.45, 7) is 2.10. The van der Waals surface area contributed by atoms with Crippen molar-refractivity contribution in [2.75, 3.05) is 6.61 Å². The van der Waals surface area contributed by atoms with Gasteiger partial charge in [-0.1, -0.05) is 91.0 Å². The third-order valence-corrected chi connectivity index (χ3v) is 4.52. The second kappa shape index (κ2) is 7.97. The second-order valence-corrected chi connectivity index (χ2v) is 6.33. The van der Waals surface area contributed by atoms with E-state index < -0.39 is 0 Å². The van der Waals surface area contributed by atoms with E-state index in [1.165, 1.54) is 0 Å². The first-order chi connectivity index (χ1) is 13.8. The number of carbonyl (C=O) groups is 1. The number of benzene rings is 3. The van der Waals surface area contributed by atoms with Gasteiger partial charge in [0.1, 0.15) is 17.1 Å². The van der Waals surface area contributed by atoms with Crippen molar-refractivity contribution < 1.29 is 13.9 Å². The summed E-state index contributed by atoms with van der Waals surface area (Å²) in [5, 5.41) is 0. The molecule has 4 rings (SSSR count). The molecule has 28 heavy (non-hydrogen) atoms. The Morgan fingerprint density at radius 1 is 0.714 bits per heavy atom. The fourth-order valence-electron chi connectivity index (χ4n) is 3.30. The molecule has 0 bridgehead atoms. The van der Waals surface area contributed by atoms with Gasteiger partial charge in [0, 0.05) is 16.7 Å². The van der Waals surface area contributed by atoms with Crippen molar-refractivity contribution in [2.45, 2.75) is 6.92 Å². The molecule has 3 heteroatoms. The number of hydrogen-bond donors (Lipinski definition) is 0. The summed E-state index contributed by atoms with van der Waals surface area (Å²) in [4.78, 5) is 13.0. The average Bonchev–Trinajstić information content (AvgIpc) is 3.17. The van der Waals surface area contributed by atoms with E-state index in [4.69, 9.17) is 9.15 Å². The monoisotopic (exact) mass is 368 g/mol. The molecule has 4 aromatic rings. The number of furan rings is 1. The molecular weight excluding hydrogens is 348 g/mol. The lowest BCUT2D eigenvalue weighted by Gasteiger charge is -2.07. The van der Waals surface area contributed by atoms with Crippen LogP contribution in [0.1, 0.15) is 17.3 Å². The minimum atomic E-state index is -0.383. The minimum absolute atomic E-state index is 0.299. The zero-order valence-corrected chi connectivity index (χ0v) is 15.6. The van der Waals surface area contributed by atoms with E-state index in [0.717, 1.165) is 22.3 Å². The van der Waals surface area contributed by atoms with Gasteiger partial charge in [-0.3, -0.25) is 0 Å². The number of carbonyl (C=O) groups excluding carboxylic acids is 1. The second-order valence-electron chi connectivity index (χ2n) is 6.33. The van der Waals surface area contributed by atoms with Crippen molar-refractivity contribution in [3.05, 3.63) is 96.6 Å². The Morgan fingerprint density at radius 3 is 1.68 bits per heavy atom. The Bertz CT molecular complexity index is 1070. The molecule has 1 heterocycles. The summed E-state index contributed by atoms with van der Waals surface area (Å²) in [6.07, 6.45) is 0. The van der Waals surface area contributed by atoms with Gasteiger partial charge in [0.2, 0.25) is 0 Å². The predicted octanol–water partition coefficient (Wildman–Crippen LogP) is 6.46. The topological polar surface area (TPSA) is 39.4 Å². The van der Waals surface area contributed by atoms with Crippen LogP contribution in [0, 0.1) is 0 Å². The molecule has 0 aliphatic carbocycles. The molecule has 0 N–H and O–H groups in total. The first-order valence-electron chi connectivity index (χ1n) is 9.29. The van der Waals surface area contributed by atoms with Crippen molar-refractivity contribution in [3.8, 4) is 33.8 Å². The molecule has 3 nitrogen and oxygen atoms in total. The maximum Gasteiger partial charge on any atom is 0.342 e. The largest absolute Gasteiger partial charge is 0.462 e. The number of esters is 1. The summed E-state index contributed by atoms with van der Waals surface area (Å²) >= 11 is 0. The summed E-state index contributed by atoms with van der Waals surface area (Å²) in [5.41, 5.74) is 3.87. The van der Waals surface area contributed by atoms with Gasteiger partial charge in [0.15, 0.2) is 0 Å². The van der Waals surface area contributed by atoms with Crippen molar-refractivity contribution in [1.82, 2.24) is 0 Å². The maximum atomic E-state index is 13.0. The molecule has 0 spiro atoms. The highest BCUT2D eigenvalue weighted by Crippen LogP contribution is 2.43. The Hall–Kier alpha value is -3.59. The lowest BCUT2D eigenvalue weighted by molar-refractivity contribution is 0.0527. The lowest BCUT2D eigenvalue weighted by Crippen LogP contribution is -2.06. The zero-order chi connectivity index (χ0) is 19.3. The van der Waals surface area contributed by atoms with E-state index in [1.54, 1.807) is 6.92 Å². The Kier molecular flexibility index (Phi) is 5.07. The molecule has 0 saturated heterocycles. The average molecular weight is 368 g/mol. The smallest absolute Gasteiger partial charge is 0.342 e. The quantitative estimate of drug-likeness (QED) is 0.380. The van der Waals surface area contributed by atoms with Gasteiger partial charge in [-0.05, 0) is 12.5 Å². The highest BCUT2D eigenvalue weighted by atomic mass is 16.5. The van der Waals surface area contributed by atoms with Crippen molar-refractivity contribution in [3.63, 3.8) is 0 Å². The molecule has 1 aromatic heterocycles. The number of ether oxygens (including phenoxy) is 1. The van der Waals surface area contributed by atoms with Crippen LogP contribution in [0.4, 0.5) is 0 Å². The number of rotatable bonds is 5. The molecule has 0 saturated carbocycles. The molecule has 0 atom stereocenters. The SMILES string of the molecule is CCOC(=O)c1c(-c2ccccc2)oc(-c2ccccc2)c1-c1ccccc1. The fourth-order valence-corrected chi connectivity index (χ4v) is 3.30. The van der Waals surface area contributed by atoms with Crippen molar-refractivity contribution in [2.24, 2.45) is 0 Å². The first kappa shape index (κ1) is 17.8. The normalized spacial score (nSPS) is 10.6. The molecule has 0 aliphatic rings. The van der Waals surface area contributed by atoms with E-state index in [9.17, 15) is 4.79 Å². The molecule has 0 aliphatic heterocycles. The van der Waals surface area contributed by atoms with E-state index in [-0.39, 0.29) is 5.97 Å². The van der Waals surface area contributed by atoms with Gasteiger partial charge in [-0.25, -0.2) is 4.79 Å². The fraction of sp³-hybridized carbons (Fsp3) is 0.0800. The van der Waals surface area contributed by atoms with Crippen LogP contribution < -0.4 is 0 Å². The van der Waals surface area contributed by atoms with Crippen LogP contribution >= 0.6 is 0 Å². The van der Waals surface area contributed by atoms with Crippen LogP contribution in [-0.4, -0.2) is 12.6 Å².